The van der Waals surface area contributed by atoms with Crippen LogP contribution >= 0.6 is 11.3 Å². The van der Waals surface area contributed by atoms with Gasteiger partial charge in [0.2, 0.25) is 0 Å². The van der Waals surface area contributed by atoms with Gasteiger partial charge in [-0.25, -0.2) is 4.98 Å². The van der Waals surface area contributed by atoms with Crippen molar-refractivity contribution in [1.29, 1.82) is 0 Å². The minimum atomic E-state index is -0.713. The Morgan fingerprint density at radius 1 is 1.38 bits per heavy atom. The van der Waals surface area contributed by atoms with Gasteiger partial charge in [-0.3, -0.25) is 10.1 Å². The Kier molecular flexibility index (Phi) is 4.99. The van der Waals surface area contributed by atoms with Crippen LogP contribution in [0.4, 0.5) is 5.69 Å². The molecule has 124 valence electrons. The molecule has 0 aliphatic rings. The normalized spacial score (nSPS) is 12.2. The third-order valence-corrected chi connectivity index (χ3v) is 4.31. The summed E-state index contributed by atoms with van der Waals surface area (Å²) in [5.41, 5.74) is 1.58. The van der Waals surface area contributed by atoms with Gasteiger partial charge in [0.25, 0.3) is 5.69 Å². The van der Waals surface area contributed by atoms with Crippen LogP contribution in [0.2, 0.25) is 0 Å². The van der Waals surface area contributed by atoms with Crippen molar-refractivity contribution in [3.63, 3.8) is 0 Å². The summed E-state index contributed by atoms with van der Waals surface area (Å²) in [6, 6.07) is 9.85. The molecule has 0 spiro atoms. The highest BCUT2D eigenvalue weighted by molar-refractivity contribution is 7.13. The summed E-state index contributed by atoms with van der Waals surface area (Å²) < 4.78 is 5.13. The molecule has 2 aromatic heterocycles. The molecule has 2 heterocycles. The molecular formula is C16H15N3O4S. The van der Waals surface area contributed by atoms with Gasteiger partial charge in [-0.2, -0.15) is 0 Å². The lowest BCUT2D eigenvalue weighted by Crippen LogP contribution is -2.20. The first-order valence-corrected chi connectivity index (χ1v) is 8.13. The van der Waals surface area contributed by atoms with Crippen LogP contribution in [0.25, 0.3) is 10.6 Å². The number of non-ortho nitro benzene ring substituents is 1. The van der Waals surface area contributed by atoms with E-state index in [9.17, 15) is 15.2 Å². The SMILES string of the molecule is O=[N+]([O-])c1cccc(-c2nc(CNCC(O)c3ccco3)cs2)c1. The first-order chi connectivity index (χ1) is 11.6. The van der Waals surface area contributed by atoms with Gasteiger partial charge in [-0.1, -0.05) is 12.1 Å². The second kappa shape index (κ2) is 7.35. The quantitative estimate of drug-likeness (QED) is 0.504. The number of aliphatic hydroxyl groups is 1. The average molecular weight is 345 g/mol. The lowest BCUT2D eigenvalue weighted by molar-refractivity contribution is -0.384. The van der Waals surface area contributed by atoms with E-state index in [2.05, 4.69) is 10.3 Å². The molecule has 8 heteroatoms. The van der Waals surface area contributed by atoms with E-state index >= 15 is 0 Å². The van der Waals surface area contributed by atoms with Crippen LogP contribution in [0.5, 0.6) is 0 Å². The Morgan fingerprint density at radius 3 is 3.00 bits per heavy atom. The van der Waals surface area contributed by atoms with Gasteiger partial charge < -0.3 is 14.8 Å². The molecule has 0 aliphatic carbocycles. The molecular weight excluding hydrogens is 330 g/mol. The molecule has 1 aromatic carbocycles. The van der Waals surface area contributed by atoms with E-state index in [0.717, 1.165) is 16.3 Å². The second-order valence-corrected chi connectivity index (χ2v) is 5.97. The molecule has 0 fully saturated rings. The average Bonchev–Trinajstić information content (AvgIpc) is 3.27. The molecule has 0 bridgehead atoms. The zero-order chi connectivity index (χ0) is 16.9. The van der Waals surface area contributed by atoms with Gasteiger partial charge in [0.1, 0.15) is 16.9 Å². The third-order valence-electron chi connectivity index (χ3n) is 3.37. The molecule has 0 radical (unpaired) electrons. The number of furan rings is 1. The molecule has 0 saturated carbocycles. The van der Waals surface area contributed by atoms with E-state index in [-0.39, 0.29) is 5.69 Å². The number of nitrogens with zero attached hydrogens (tertiary/aromatic N) is 2. The molecule has 0 saturated heterocycles. The van der Waals surface area contributed by atoms with E-state index in [1.807, 2.05) is 5.38 Å². The molecule has 1 atom stereocenters. The lowest BCUT2D eigenvalue weighted by Gasteiger charge is -2.08. The smallest absolute Gasteiger partial charge is 0.270 e. The Balaban J connectivity index is 1.59. The first-order valence-electron chi connectivity index (χ1n) is 7.25. The van der Waals surface area contributed by atoms with E-state index in [1.165, 1.54) is 29.7 Å². The molecule has 3 rings (SSSR count). The van der Waals surface area contributed by atoms with Crippen LogP contribution in [0, 0.1) is 10.1 Å². The maximum atomic E-state index is 10.8. The fraction of sp³-hybridized carbons (Fsp3) is 0.188. The Bertz CT molecular complexity index is 816. The summed E-state index contributed by atoms with van der Waals surface area (Å²) in [6.45, 7) is 0.834. The number of hydrogen-bond acceptors (Lipinski definition) is 7. The Labute approximate surface area is 141 Å². The van der Waals surface area contributed by atoms with Crippen LogP contribution in [0.1, 0.15) is 17.6 Å². The van der Waals surface area contributed by atoms with Crippen molar-refractivity contribution in [1.82, 2.24) is 10.3 Å². The summed E-state index contributed by atoms with van der Waals surface area (Å²) >= 11 is 1.42. The molecule has 2 N–H and O–H groups in total. The molecule has 3 aromatic rings. The van der Waals surface area contributed by atoms with Crippen LogP contribution in [0.15, 0.2) is 52.5 Å². The highest BCUT2D eigenvalue weighted by Crippen LogP contribution is 2.26. The maximum absolute atomic E-state index is 10.8. The van der Waals surface area contributed by atoms with E-state index < -0.39 is 11.0 Å². The van der Waals surface area contributed by atoms with Crippen molar-refractivity contribution in [2.75, 3.05) is 6.54 Å². The van der Waals surface area contributed by atoms with Crippen molar-refractivity contribution in [2.45, 2.75) is 12.6 Å². The summed E-state index contributed by atoms with van der Waals surface area (Å²) in [5.74, 6) is 0.512. The molecule has 24 heavy (non-hydrogen) atoms. The molecule has 0 amide bonds. The zero-order valence-electron chi connectivity index (χ0n) is 12.6. The topological polar surface area (TPSA) is 101 Å². The highest BCUT2D eigenvalue weighted by Gasteiger charge is 2.12. The van der Waals surface area contributed by atoms with Crippen LogP contribution in [-0.2, 0) is 6.54 Å². The van der Waals surface area contributed by atoms with Crippen LogP contribution in [-0.4, -0.2) is 21.6 Å². The first kappa shape index (κ1) is 16.3. The third kappa shape index (κ3) is 3.85. The number of thiazole rings is 1. The van der Waals surface area contributed by atoms with Crippen molar-refractivity contribution in [2.24, 2.45) is 0 Å². The van der Waals surface area contributed by atoms with Gasteiger partial charge in [-0.15, -0.1) is 11.3 Å². The molecule has 0 aliphatic heterocycles. The van der Waals surface area contributed by atoms with Crippen molar-refractivity contribution >= 4 is 17.0 Å². The van der Waals surface area contributed by atoms with E-state index in [0.29, 0.717) is 18.8 Å². The van der Waals surface area contributed by atoms with Gasteiger partial charge in [0.05, 0.1) is 16.9 Å². The number of rotatable bonds is 7. The molecule has 1 unspecified atom stereocenters. The van der Waals surface area contributed by atoms with Crippen molar-refractivity contribution in [3.05, 3.63) is 69.6 Å². The minimum absolute atomic E-state index is 0.0453. The van der Waals surface area contributed by atoms with Gasteiger partial charge in [0.15, 0.2) is 0 Å². The fourth-order valence-electron chi connectivity index (χ4n) is 2.19. The predicted molar refractivity (Wildman–Crippen MR) is 89.6 cm³/mol. The largest absolute Gasteiger partial charge is 0.467 e. The number of aliphatic hydroxyl groups excluding tert-OH is 1. The monoisotopic (exact) mass is 345 g/mol. The van der Waals surface area contributed by atoms with E-state index in [4.69, 9.17) is 4.42 Å². The number of nitro groups is 1. The van der Waals surface area contributed by atoms with Crippen molar-refractivity contribution < 1.29 is 14.4 Å². The predicted octanol–water partition coefficient (Wildman–Crippen LogP) is 3.13. The van der Waals surface area contributed by atoms with Crippen molar-refractivity contribution in [3.8, 4) is 10.6 Å². The highest BCUT2D eigenvalue weighted by atomic mass is 32.1. The summed E-state index contributed by atoms with van der Waals surface area (Å²) in [5, 5.41) is 26.5. The van der Waals surface area contributed by atoms with Gasteiger partial charge in [0, 0.05) is 36.2 Å². The second-order valence-electron chi connectivity index (χ2n) is 5.11. The minimum Gasteiger partial charge on any atom is -0.467 e. The summed E-state index contributed by atoms with van der Waals surface area (Å²) in [6.07, 6.45) is 0.805. The number of aromatic nitrogens is 1. The number of nitrogens with one attached hydrogen (secondary N) is 1. The number of hydrogen-bond donors (Lipinski definition) is 2. The molecule has 7 nitrogen and oxygen atoms in total. The Morgan fingerprint density at radius 2 is 2.25 bits per heavy atom. The lowest BCUT2D eigenvalue weighted by atomic mass is 10.2. The van der Waals surface area contributed by atoms with Crippen LogP contribution in [0.3, 0.4) is 0 Å². The van der Waals surface area contributed by atoms with Crippen LogP contribution < -0.4 is 5.32 Å². The number of benzene rings is 1. The summed E-state index contributed by atoms with van der Waals surface area (Å²) in [4.78, 5) is 14.9. The van der Waals surface area contributed by atoms with Gasteiger partial charge >= 0.3 is 0 Å². The number of nitro benzene ring substituents is 1. The maximum Gasteiger partial charge on any atom is 0.270 e. The standard InChI is InChI=1S/C16H15N3O4S/c20-14(15-5-2-6-23-15)9-17-8-12-10-24-16(18-12)11-3-1-4-13(7-11)19(21)22/h1-7,10,14,17,20H,8-9H2. The summed E-state index contributed by atoms with van der Waals surface area (Å²) in [7, 11) is 0. The zero-order valence-corrected chi connectivity index (χ0v) is 13.4. The fourth-order valence-corrected chi connectivity index (χ4v) is 3.01. The van der Waals surface area contributed by atoms with E-state index in [1.54, 1.807) is 24.3 Å². The Hall–Kier alpha value is -2.55. The van der Waals surface area contributed by atoms with Gasteiger partial charge in [-0.05, 0) is 12.1 Å².